The van der Waals surface area contributed by atoms with Crippen molar-refractivity contribution >= 4 is 52.2 Å². The number of nitrogens with zero attached hydrogens (tertiary/aromatic N) is 2. The first-order valence-electron chi connectivity index (χ1n) is 16.2. The van der Waals surface area contributed by atoms with Gasteiger partial charge in [-0.2, -0.15) is 0 Å². The molecule has 0 saturated heterocycles. The summed E-state index contributed by atoms with van der Waals surface area (Å²) in [5, 5.41) is 1.84. The molecule has 0 aliphatic carbocycles. The van der Waals surface area contributed by atoms with E-state index in [1.807, 2.05) is 60.7 Å². The Hall–Kier alpha value is -3.93. The maximum Gasteiger partial charge on any atom is 0.193 e. The summed E-state index contributed by atoms with van der Waals surface area (Å²) in [5.41, 5.74) is 11.1. The zero-order valence-corrected chi connectivity index (χ0v) is 31.3. The van der Waals surface area contributed by atoms with Gasteiger partial charge in [-0.3, -0.25) is 4.79 Å². The van der Waals surface area contributed by atoms with Gasteiger partial charge in [0.05, 0.1) is 20.1 Å². The second kappa shape index (κ2) is 15.5. The first-order valence-corrected chi connectivity index (χ1v) is 17.7. The van der Waals surface area contributed by atoms with Crippen LogP contribution < -0.4 is 0 Å². The number of hydrogen-bond acceptors (Lipinski definition) is 3. The van der Waals surface area contributed by atoms with E-state index < -0.39 is 0 Å². The van der Waals surface area contributed by atoms with Gasteiger partial charge in [-0.25, -0.2) is 0 Å². The number of hydrogen-bond donors (Lipinski definition) is 0. The Morgan fingerprint density at radius 1 is 0.420 bits per heavy atom. The Morgan fingerprint density at radius 2 is 0.780 bits per heavy atom. The van der Waals surface area contributed by atoms with Gasteiger partial charge in [0.1, 0.15) is 0 Å². The van der Waals surface area contributed by atoms with E-state index in [4.69, 9.17) is 46.4 Å². The second-order valence-corrected chi connectivity index (χ2v) is 14.6. The molecular weight excluding hydrogens is 702 g/mol. The van der Waals surface area contributed by atoms with Crippen LogP contribution in [0.4, 0.5) is 0 Å². The largest absolute Gasteiger partial charge is 0.305 e. The molecule has 50 heavy (non-hydrogen) atoms. The fourth-order valence-corrected chi connectivity index (χ4v) is 6.75. The number of benzene rings is 6. The third kappa shape index (κ3) is 8.16. The Morgan fingerprint density at radius 3 is 1.12 bits per heavy atom. The molecule has 6 aromatic rings. The van der Waals surface area contributed by atoms with Gasteiger partial charge in [-0.05, 0) is 120 Å². The van der Waals surface area contributed by atoms with Gasteiger partial charge >= 0.3 is 0 Å². The molecule has 7 heteroatoms. The monoisotopic (exact) mass is 736 g/mol. The van der Waals surface area contributed by atoms with Crippen LogP contribution in [0.15, 0.2) is 121 Å². The quantitative estimate of drug-likeness (QED) is 0.131. The standard InChI is InChI=1S/C43H36Cl4N2O/c1-48(2)25-27-5-9-29(10-6-27)35-17-13-33(21-37(35)31-15-19-39(44)41(46)23-31)43(50)34-14-18-36(30-11-7-28(8-12-30)26-49(3)4)38(22-34)32-16-20-40(45)42(47)24-32/h5-24H,25-26H2,1-4H3. The number of ketones is 1. The first kappa shape index (κ1) is 35.9. The zero-order chi connectivity index (χ0) is 35.5. The molecular formula is C43H36Cl4N2O. The number of rotatable bonds is 10. The third-order valence-electron chi connectivity index (χ3n) is 8.55. The Kier molecular flexibility index (Phi) is 11.1. The molecule has 0 spiro atoms. The Bertz CT molecular complexity index is 2020. The molecule has 252 valence electrons. The van der Waals surface area contributed by atoms with E-state index in [0.717, 1.165) is 57.6 Å². The molecule has 0 aliphatic heterocycles. The van der Waals surface area contributed by atoms with Crippen molar-refractivity contribution in [2.24, 2.45) is 0 Å². The van der Waals surface area contributed by atoms with Gasteiger partial charge in [0.2, 0.25) is 0 Å². The maximum atomic E-state index is 14.3. The van der Waals surface area contributed by atoms with Crippen molar-refractivity contribution in [1.82, 2.24) is 9.80 Å². The van der Waals surface area contributed by atoms with Crippen LogP contribution in [0.25, 0.3) is 44.5 Å². The predicted octanol–water partition coefficient (Wildman–Crippen LogP) is 12.3. The summed E-state index contributed by atoms with van der Waals surface area (Å²) >= 11 is 25.6. The van der Waals surface area contributed by atoms with Gasteiger partial charge in [-0.1, -0.05) is 131 Å². The van der Waals surface area contributed by atoms with Crippen molar-refractivity contribution in [1.29, 1.82) is 0 Å². The summed E-state index contributed by atoms with van der Waals surface area (Å²) in [6, 6.07) is 39.8. The molecule has 0 N–H and O–H groups in total. The van der Waals surface area contributed by atoms with E-state index in [1.54, 1.807) is 12.1 Å². The highest BCUT2D eigenvalue weighted by atomic mass is 35.5. The highest BCUT2D eigenvalue weighted by Gasteiger charge is 2.18. The Balaban J connectivity index is 1.44. The molecule has 0 aromatic heterocycles. The summed E-state index contributed by atoms with van der Waals surface area (Å²) in [6.07, 6.45) is 0. The summed E-state index contributed by atoms with van der Waals surface area (Å²) in [7, 11) is 8.21. The van der Waals surface area contributed by atoms with Crippen molar-refractivity contribution in [3.63, 3.8) is 0 Å². The molecule has 0 bridgehead atoms. The van der Waals surface area contributed by atoms with E-state index in [0.29, 0.717) is 31.2 Å². The average molecular weight is 739 g/mol. The minimum atomic E-state index is -0.103. The Labute approximate surface area is 314 Å². The van der Waals surface area contributed by atoms with Crippen molar-refractivity contribution in [3.8, 4) is 44.5 Å². The topological polar surface area (TPSA) is 23.6 Å². The first-order chi connectivity index (χ1) is 24.0. The highest BCUT2D eigenvalue weighted by molar-refractivity contribution is 6.42. The number of halogens is 4. The SMILES string of the molecule is CN(C)Cc1ccc(-c2ccc(C(=O)c3ccc(-c4ccc(CN(C)C)cc4)c(-c4ccc(Cl)c(Cl)c4)c3)cc2-c2ccc(Cl)c(Cl)c2)cc1. The molecule has 6 rings (SSSR count). The van der Waals surface area contributed by atoms with Crippen LogP contribution in [0.1, 0.15) is 27.0 Å². The van der Waals surface area contributed by atoms with E-state index in [9.17, 15) is 4.79 Å². The van der Waals surface area contributed by atoms with E-state index >= 15 is 0 Å². The lowest BCUT2D eigenvalue weighted by Gasteiger charge is -2.16. The molecule has 0 atom stereocenters. The summed E-state index contributed by atoms with van der Waals surface area (Å²) in [5.74, 6) is -0.103. The molecule has 3 nitrogen and oxygen atoms in total. The van der Waals surface area contributed by atoms with E-state index in [2.05, 4.69) is 86.5 Å². The van der Waals surface area contributed by atoms with Crippen molar-refractivity contribution in [3.05, 3.63) is 164 Å². The number of carbonyl (C=O) groups excluding carboxylic acids is 1. The smallest absolute Gasteiger partial charge is 0.193 e. The van der Waals surface area contributed by atoms with E-state index in [1.165, 1.54) is 11.1 Å². The van der Waals surface area contributed by atoms with Gasteiger partial charge in [0, 0.05) is 24.2 Å². The van der Waals surface area contributed by atoms with Crippen LogP contribution in [0.5, 0.6) is 0 Å². The molecule has 0 aliphatic rings. The zero-order valence-electron chi connectivity index (χ0n) is 28.3. The van der Waals surface area contributed by atoms with E-state index in [-0.39, 0.29) is 5.78 Å². The van der Waals surface area contributed by atoms with Crippen LogP contribution in [-0.2, 0) is 13.1 Å². The van der Waals surface area contributed by atoms with Crippen LogP contribution >= 0.6 is 46.4 Å². The average Bonchev–Trinajstić information content (AvgIpc) is 3.10. The lowest BCUT2D eigenvalue weighted by Crippen LogP contribution is -2.10. The van der Waals surface area contributed by atoms with Crippen molar-refractivity contribution < 1.29 is 4.79 Å². The molecule has 0 amide bonds. The van der Waals surface area contributed by atoms with Crippen LogP contribution in [-0.4, -0.2) is 43.8 Å². The summed E-state index contributed by atoms with van der Waals surface area (Å²) in [6.45, 7) is 1.69. The van der Waals surface area contributed by atoms with Crippen molar-refractivity contribution in [2.75, 3.05) is 28.2 Å². The van der Waals surface area contributed by atoms with Crippen molar-refractivity contribution in [2.45, 2.75) is 13.1 Å². The summed E-state index contributed by atoms with van der Waals surface area (Å²) < 4.78 is 0. The van der Waals surface area contributed by atoms with Gasteiger partial charge in [-0.15, -0.1) is 0 Å². The van der Waals surface area contributed by atoms with Gasteiger partial charge < -0.3 is 9.80 Å². The third-order valence-corrected chi connectivity index (χ3v) is 10.0. The summed E-state index contributed by atoms with van der Waals surface area (Å²) in [4.78, 5) is 18.6. The predicted molar refractivity (Wildman–Crippen MR) is 213 cm³/mol. The molecule has 6 aromatic carbocycles. The minimum Gasteiger partial charge on any atom is -0.305 e. The molecule has 0 saturated carbocycles. The minimum absolute atomic E-state index is 0.103. The second-order valence-electron chi connectivity index (χ2n) is 13.0. The normalized spacial score (nSPS) is 11.4. The molecule has 0 radical (unpaired) electrons. The van der Waals surface area contributed by atoms with Crippen LogP contribution in [0, 0.1) is 0 Å². The lowest BCUT2D eigenvalue weighted by molar-refractivity contribution is 0.103. The molecule has 0 fully saturated rings. The fraction of sp³-hybridized carbons (Fsp3) is 0.140. The van der Waals surface area contributed by atoms with Crippen LogP contribution in [0.2, 0.25) is 20.1 Å². The fourth-order valence-electron chi connectivity index (χ4n) is 6.16. The maximum absolute atomic E-state index is 14.3. The molecule has 0 heterocycles. The highest BCUT2D eigenvalue weighted by Crippen LogP contribution is 2.39. The number of carbonyl (C=O) groups is 1. The molecule has 0 unspecified atom stereocenters. The van der Waals surface area contributed by atoms with Gasteiger partial charge in [0.15, 0.2) is 5.78 Å². The van der Waals surface area contributed by atoms with Gasteiger partial charge in [0.25, 0.3) is 0 Å². The lowest BCUT2D eigenvalue weighted by atomic mass is 9.88. The van der Waals surface area contributed by atoms with Crippen LogP contribution in [0.3, 0.4) is 0 Å².